The van der Waals surface area contributed by atoms with Gasteiger partial charge in [0.25, 0.3) is 0 Å². The summed E-state index contributed by atoms with van der Waals surface area (Å²) in [5, 5.41) is 0. The minimum atomic E-state index is -0.577. The van der Waals surface area contributed by atoms with Crippen molar-refractivity contribution in [1.82, 2.24) is 0 Å². The lowest BCUT2D eigenvalue weighted by Crippen LogP contribution is -2.29. The summed E-state index contributed by atoms with van der Waals surface area (Å²) >= 11 is 0. The molecule has 0 N–H and O–H groups in total. The molecule has 63 heavy (non-hydrogen) atoms. The molecule has 0 bridgehead atoms. The molecule has 1 nitrogen and oxygen atoms in total. The first kappa shape index (κ1) is 36.8. The van der Waals surface area contributed by atoms with E-state index in [4.69, 9.17) is 0 Å². The highest BCUT2D eigenvalue weighted by molar-refractivity contribution is 5.92. The van der Waals surface area contributed by atoms with E-state index in [-0.39, 0.29) is 0 Å². The molecule has 0 fully saturated rings. The fourth-order valence-corrected chi connectivity index (χ4v) is 11.0. The first-order valence-electron chi connectivity index (χ1n) is 21.9. The lowest BCUT2D eigenvalue weighted by atomic mass is 9.67. The van der Waals surface area contributed by atoms with Gasteiger partial charge in [-0.25, -0.2) is 0 Å². The fraction of sp³-hybridized carbons (Fsp3) is 0.0323. The molecule has 1 heteroatoms. The second-order valence-electron chi connectivity index (χ2n) is 16.8. The third kappa shape index (κ3) is 5.56. The van der Waals surface area contributed by atoms with Crippen molar-refractivity contribution >= 4 is 17.1 Å². The fourth-order valence-electron chi connectivity index (χ4n) is 11.0. The quantitative estimate of drug-likeness (QED) is 0.148. The van der Waals surface area contributed by atoms with Crippen LogP contribution in [0.25, 0.3) is 33.4 Å². The highest BCUT2D eigenvalue weighted by Gasteiger charge is 2.48. The molecular formula is C62H43N. The van der Waals surface area contributed by atoms with E-state index in [0.717, 1.165) is 17.1 Å². The van der Waals surface area contributed by atoms with Gasteiger partial charge in [-0.15, -0.1) is 0 Å². The molecule has 0 aliphatic heterocycles. The van der Waals surface area contributed by atoms with Crippen LogP contribution in [0.4, 0.5) is 17.1 Å². The van der Waals surface area contributed by atoms with Gasteiger partial charge in [0.2, 0.25) is 0 Å². The third-order valence-electron chi connectivity index (χ3n) is 13.6. The second-order valence-corrected chi connectivity index (χ2v) is 16.8. The van der Waals surface area contributed by atoms with Crippen LogP contribution in [0.2, 0.25) is 0 Å². The summed E-state index contributed by atoms with van der Waals surface area (Å²) in [5.74, 6) is 0. The number of fused-ring (bicyclic) bond motifs is 6. The first-order chi connectivity index (χ1) is 31.3. The van der Waals surface area contributed by atoms with Crippen molar-refractivity contribution in [2.45, 2.75) is 10.8 Å². The van der Waals surface area contributed by atoms with Crippen LogP contribution in [0.3, 0.4) is 0 Å². The van der Waals surface area contributed by atoms with Crippen molar-refractivity contribution in [3.05, 3.63) is 305 Å². The molecule has 0 spiro atoms. The van der Waals surface area contributed by atoms with E-state index in [1.165, 1.54) is 77.9 Å². The molecule has 0 unspecified atom stereocenters. The zero-order chi connectivity index (χ0) is 41.8. The summed E-state index contributed by atoms with van der Waals surface area (Å²) in [5.41, 5.74) is 19.9. The number of anilines is 3. The number of hydrogen-bond donors (Lipinski definition) is 0. The summed E-state index contributed by atoms with van der Waals surface area (Å²) in [6.45, 7) is 0. The van der Waals surface area contributed by atoms with Gasteiger partial charge in [0.1, 0.15) is 0 Å². The molecule has 0 radical (unpaired) electrons. The third-order valence-corrected chi connectivity index (χ3v) is 13.6. The van der Waals surface area contributed by atoms with Gasteiger partial charge in [-0.1, -0.05) is 218 Å². The molecule has 0 saturated carbocycles. The molecule has 0 aromatic heterocycles. The maximum absolute atomic E-state index is 2.48. The highest BCUT2D eigenvalue weighted by atomic mass is 15.1. The van der Waals surface area contributed by atoms with Gasteiger partial charge in [0.15, 0.2) is 0 Å². The second kappa shape index (κ2) is 14.9. The van der Waals surface area contributed by atoms with Crippen LogP contribution in [0, 0.1) is 0 Å². The lowest BCUT2D eigenvalue weighted by Gasteiger charge is -2.36. The summed E-state index contributed by atoms with van der Waals surface area (Å²) in [7, 11) is 0. The van der Waals surface area contributed by atoms with Gasteiger partial charge in [-0.3, -0.25) is 0 Å². The van der Waals surface area contributed by atoms with Gasteiger partial charge in [0, 0.05) is 17.1 Å². The van der Waals surface area contributed by atoms with Gasteiger partial charge in [-0.05, 0) is 120 Å². The van der Waals surface area contributed by atoms with Crippen LogP contribution in [0.5, 0.6) is 0 Å². The van der Waals surface area contributed by atoms with Crippen molar-refractivity contribution in [3.63, 3.8) is 0 Å². The first-order valence-corrected chi connectivity index (χ1v) is 21.9. The molecule has 0 saturated heterocycles. The van der Waals surface area contributed by atoms with Crippen LogP contribution < -0.4 is 4.90 Å². The Hall–Kier alpha value is -8.00. The van der Waals surface area contributed by atoms with Gasteiger partial charge >= 0.3 is 0 Å². The molecule has 0 amide bonds. The Morgan fingerprint density at radius 3 is 1.19 bits per heavy atom. The van der Waals surface area contributed by atoms with Crippen molar-refractivity contribution in [2.24, 2.45) is 0 Å². The van der Waals surface area contributed by atoms with Gasteiger partial charge in [-0.2, -0.15) is 0 Å². The Morgan fingerprint density at radius 1 is 0.222 bits per heavy atom. The number of para-hydroxylation sites is 1. The molecule has 0 atom stereocenters. The lowest BCUT2D eigenvalue weighted by molar-refractivity contribution is 0.767. The van der Waals surface area contributed by atoms with Crippen LogP contribution in [0.15, 0.2) is 261 Å². The van der Waals surface area contributed by atoms with Gasteiger partial charge in [0.05, 0.1) is 10.8 Å². The number of benzene rings is 10. The Balaban J connectivity index is 1.11. The van der Waals surface area contributed by atoms with Gasteiger partial charge < -0.3 is 4.90 Å². The standard InChI is InChI=1S/C62H43N/c1-6-21-44(22-7-1)45-37-39-55-56-40-38-52(43-60(56)61(59(55)41-45,46-23-8-2-9-24-46)47-25-10-3-11-26-47)63(50-30-14-5-15-31-50)51-32-20-29-49(42-51)62(48-27-12-4-13-28-48)57-35-18-16-33-53(57)54-34-17-19-36-58(54)62/h1-43H. The Kier molecular flexibility index (Phi) is 8.69. The van der Waals surface area contributed by atoms with Crippen molar-refractivity contribution in [1.29, 1.82) is 0 Å². The minimum absolute atomic E-state index is 0.515. The molecule has 10 aromatic rings. The Morgan fingerprint density at radius 2 is 0.619 bits per heavy atom. The van der Waals surface area contributed by atoms with Crippen molar-refractivity contribution in [3.8, 4) is 33.4 Å². The topological polar surface area (TPSA) is 3.24 Å². The normalized spacial score (nSPS) is 13.7. The predicted octanol–water partition coefficient (Wildman–Crippen LogP) is 15.5. The zero-order valence-electron chi connectivity index (χ0n) is 34.8. The largest absolute Gasteiger partial charge is 0.310 e. The summed E-state index contributed by atoms with van der Waals surface area (Å²) < 4.78 is 0. The molecule has 0 heterocycles. The highest BCUT2D eigenvalue weighted by Crippen LogP contribution is 2.59. The van der Waals surface area contributed by atoms with E-state index >= 15 is 0 Å². The van der Waals surface area contributed by atoms with E-state index in [1.54, 1.807) is 0 Å². The van der Waals surface area contributed by atoms with E-state index in [2.05, 4.69) is 266 Å². The van der Waals surface area contributed by atoms with E-state index < -0.39 is 10.8 Å². The van der Waals surface area contributed by atoms with Crippen LogP contribution in [-0.2, 0) is 10.8 Å². The molecule has 2 aliphatic rings. The number of hydrogen-bond acceptors (Lipinski definition) is 1. The number of rotatable bonds is 8. The molecule has 2 aliphatic carbocycles. The van der Waals surface area contributed by atoms with Crippen LogP contribution in [0.1, 0.15) is 44.5 Å². The van der Waals surface area contributed by atoms with E-state index in [9.17, 15) is 0 Å². The monoisotopic (exact) mass is 801 g/mol. The summed E-state index contributed by atoms with van der Waals surface area (Å²) in [4.78, 5) is 2.45. The maximum Gasteiger partial charge on any atom is 0.0714 e. The van der Waals surface area contributed by atoms with Crippen molar-refractivity contribution < 1.29 is 0 Å². The average Bonchev–Trinajstić information content (AvgIpc) is 3.83. The van der Waals surface area contributed by atoms with Crippen LogP contribution >= 0.6 is 0 Å². The number of nitrogens with zero attached hydrogens (tertiary/aromatic N) is 1. The summed E-state index contributed by atoms with van der Waals surface area (Å²) in [6.07, 6.45) is 0. The van der Waals surface area contributed by atoms with Crippen molar-refractivity contribution in [2.75, 3.05) is 4.90 Å². The molecule has 10 aromatic carbocycles. The van der Waals surface area contributed by atoms with E-state index in [0.29, 0.717) is 0 Å². The Labute approximate surface area is 369 Å². The molecule has 12 rings (SSSR count). The smallest absolute Gasteiger partial charge is 0.0714 e. The van der Waals surface area contributed by atoms with E-state index in [1.807, 2.05) is 0 Å². The Bertz CT molecular complexity index is 3180. The molecular weight excluding hydrogens is 759 g/mol. The average molecular weight is 802 g/mol. The molecule has 296 valence electrons. The predicted molar refractivity (Wildman–Crippen MR) is 261 cm³/mol. The van der Waals surface area contributed by atoms with Crippen LogP contribution in [-0.4, -0.2) is 0 Å². The zero-order valence-corrected chi connectivity index (χ0v) is 34.8. The summed E-state index contributed by atoms with van der Waals surface area (Å²) in [6, 6.07) is 96.5. The minimum Gasteiger partial charge on any atom is -0.310 e. The maximum atomic E-state index is 2.48. The SMILES string of the molecule is c1ccc(-c2ccc3c(c2)C(c2ccccc2)(c2ccccc2)c2cc(N(c4ccccc4)c4cccc(C5(c6ccccc6)c6ccccc6-c6ccccc65)c4)ccc2-3)cc1.